The van der Waals surface area contributed by atoms with E-state index < -0.39 is 5.67 Å². The van der Waals surface area contributed by atoms with Crippen LogP contribution in [-0.4, -0.2) is 25.4 Å². The number of benzene rings is 1. The van der Waals surface area contributed by atoms with Crippen LogP contribution in [0.2, 0.25) is 0 Å². The van der Waals surface area contributed by atoms with Gasteiger partial charge in [0.1, 0.15) is 5.67 Å². The van der Waals surface area contributed by atoms with Gasteiger partial charge in [-0.05, 0) is 49.9 Å². The number of halogens is 1. The van der Waals surface area contributed by atoms with Gasteiger partial charge in [0, 0.05) is 6.42 Å². The van der Waals surface area contributed by atoms with Gasteiger partial charge in [0.05, 0.1) is 12.7 Å². The first-order valence-electron chi connectivity index (χ1n) is 7.36. The van der Waals surface area contributed by atoms with Crippen molar-refractivity contribution >= 4 is 0 Å². The van der Waals surface area contributed by atoms with Gasteiger partial charge in [-0.1, -0.05) is 24.3 Å². The summed E-state index contributed by atoms with van der Waals surface area (Å²) in [6.07, 6.45) is 3.58. The minimum Gasteiger partial charge on any atom is -0.373 e. The molecule has 1 saturated heterocycles. The molecule has 3 rings (SSSR count). The van der Waals surface area contributed by atoms with Crippen molar-refractivity contribution in [3.05, 3.63) is 35.4 Å². The van der Waals surface area contributed by atoms with Gasteiger partial charge in [0.25, 0.3) is 0 Å². The van der Waals surface area contributed by atoms with Crippen LogP contribution in [0.3, 0.4) is 0 Å². The standard InChI is InChI=1S/C16H22FNO/c17-16(7-3-9-18-10-8-16)12-15-14-5-2-1-4-13(14)6-11-19-15/h1-2,4-5,15,18H,3,6-12H2. The first-order valence-corrected chi connectivity index (χ1v) is 7.36. The van der Waals surface area contributed by atoms with Crippen molar-refractivity contribution in [2.45, 2.75) is 43.9 Å². The molecule has 3 heteroatoms. The summed E-state index contributed by atoms with van der Waals surface area (Å²) in [5, 5.41) is 3.28. The summed E-state index contributed by atoms with van der Waals surface area (Å²) in [5.41, 5.74) is 1.45. The second-order valence-corrected chi connectivity index (χ2v) is 5.77. The lowest BCUT2D eigenvalue weighted by atomic mass is 9.85. The van der Waals surface area contributed by atoms with Crippen LogP contribution in [0.4, 0.5) is 4.39 Å². The summed E-state index contributed by atoms with van der Waals surface area (Å²) >= 11 is 0. The van der Waals surface area contributed by atoms with E-state index >= 15 is 0 Å². The van der Waals surface area contributed by atoms with E-state index in [1.54, 1.807) is 0 Å². The third-order valence-electron chi connectivity index (χ3n) is 4.37. The summed E-state index contributed by atoms with van der Waals surface area (Å²) in [7, 11) is 0. The predicted octanol–water partition coefficient (Wildman–Crippen LogP) is 3.17. The van der Waals surface area contributed by atoms with Crippen LogP contribution in [0.25, 0.3) is 0 Å². The van der Waals surface area contributed by atoms with Crippen molar-refractivity contribution in [3.8, 4) is 0 Å². The van der Waals surface area contributed by atoms with Gasteiger partial charge in [-0.2, -0.15) is 0 Å². The lowest BCUT2D eigenvalue weighted by Crippen LogP contribution is -2.30. The van der Waals surface area contributed by atoms with Crippen LogP contribution < -0.4 is 5.32 Å². The summed E-state index contributed by atoms with van der Waals surface area (Å²) < 4.78 is 20.8. The fraction of sp³-hybridized carbons (Fsp3) is 0.625. The fourth-order valence-electron chi connectivity index (χ4n) is 3.27. The van der Waals surface area contributed by atoms with Crippen LogP contribution in [0, 0.1) is 0 Å². The second-order valence-electron chi connectivity index (χ2n) is 5.77. The molecule has 19 heavy (non-hydrogen) atoms. The van der Waals surface area contributed by atoms with E-state index in [1.807, 2.05) is 6.07 Å². The molecule has 1 aromatic carbocycles. The van der Waals surface area contributed by atoms with Crippen LogP contribution in [0.5, 0.6) is 0 Å². The average molecular weight is 263 g/mol. The Balaban J connectivity index is 1.76. The van der Waals surface area contributed by atoms with Crippen molar-refractivity contribution in [1.82, 2.24) is 5.32 Å². The zero-order chi connectivity index (χ0) is 13.1. The smallest absolute Gasteiger partial charge is 0.115 e. The van der Waals surface area contributed by atoms with E-state index in [2.05, 4.69) is 23.5 Å². The van der Waals surface area contributed by atoms with Gasteiger partial charge < -0.3 is 10.1 Å². The Morgan fingerprint density at radius 1 is 1.26 bits per heavy atom. The molecule has 1 N–H and O–H groups in total. The summed E-state index contributed by atoms with van der Waals surface area (Å²) in [6.45, 7) is 2.44. The normalized spacial score (nSPS) is 31.5. The summed E-state index contributed by atoms with van der Waals surface area (Å²) in [6, 6.07) is 8.32. The van der Waals surface area contributed by atoms with E-state index in [9.17, 15) is 4.39 Å². The van der Waals surface area contributed by atoms with Gasteiger partial charge in [-0.25, -0.2) is 4.39 Å². The van der Waals surface area contributed by atoms with Crippen LogP contribution in [0.15, 0.2) is 24.3 Å². The lowest BCUT2D eigenvalue weighted by molar-refractivity contribution is -0.0114. The van der Waals surface area contributed by atoms with Gasteiger partial charge in [0.2, 0.25) is 0 Å². The number of nitrogens with one attached hydrogen (secondary N) is 1. The molecule has 2 aliphatic rings. The maximum atomic E-state index is 15.0. The molecule has 0 aliphatic carbocycles. The molecule has 2 unspecified atom stereocenters. The third kappa shape index (κ3) is 2.98. The Morgan fingerprint density at radius 3 is 3.11 bits per heavy atom. The summed E-state index contributed by atoms with van der Waals surface area (Å²) in [4.78, 5) is 0. The molecular weight excluding hydrogens is 241 g/mol. The van der Waals surface area contributed by atoms with E-state index in [4.69, 9.17) is 4.74 Å². The topological polar surface area (TPSA) is 21.3 Å². The third-order valence-corrected chi connectivity index (χ3v) is 4.37. The quantitative estimate of drug-likeness (QED) is 0.885. The number of rotatable bonds is 2. The van der Waals surface area contributed by atoms with Crippen LogP contribution in [0.1, 0.15) is 42.9 Å². The molecule has 1 aromatic rings. The number of fused-ring (bicyclic) bond motifs is 1. The van der Waals surface area contributed by atoms with E-state index in [0.717, 1.165) is 32.5 Å². The molecule has 0 radical (unpaired) electrons. The molecule has 0 saturated carbocycles. The van der Waals surface area contributed by atoms with Gasteiger partial charge in [0.15, 0.2) is 0 Å². The number of alkyl halides is 1. The molecule has 2 atom stereocenters. The van der Waals surface area contributed by atoms with Crippen molar-refractivity contribution in [2.24, 2.45) is 0 Å². The van der Waals surface area contributed by atoms with Crippen molar-refractivity contribution in [2.75, 3.05) is 19.7 Å². The maximum Gasteiger partial charge on any atom is 0.115 e. The Labute approximate surface area is 114 Å². The highest BCUT2D eigenvalue weighted by Gasteiger charge is 2.35. The number of ether oxygens (including phenoxy) is 1. The van der Waals surface area contributed by atoms with Gasteiger partial charge in [-0.15, -0.1) is 0 Å². The molecule has 1 fully saturated rings. The van der Waals surface area contributed by atoms with Crippen molar-refractivity contribution in [1.29, 1.82) is 0 Å². The molecule has 2 nitrogen and oxygen atoms in total. The van der Waals surface area contributed by atoms with Crippen molar-refractivity contribution < 1.29 is 9.13 Å². The molecule has 2 aliphatic heterocycles. The molecule has 0 amide bonds. The highest BCUT2D eigenvalue weighted by molar-refractivity contribution is 5.31. The highest BCUT2D eigenvalue weighted by atomic mass is 19.1. The molecule has 2 heterocycles. The largest absolute Gasteiger partial charge is 0.373 e. The lowest BCUT2D eigenvalue weighted by Gasteiger charge is -2.32. The highest BCUT2D eigenvalue weighted by Crippen LogP contribution is 2.38. The maximum absolute atomic E-state index is 15.0. The van der Waals surface area contributed by atoms with E-state index in [0.29, 0.717) is 19.3 Å². The Morgan fingerprint density at radius 2 is 2.16 bits per heavy atom. The van der Waals surface area contributed by atoms with Gasteiger partial charge in [-0.3, -0.25) is 0 Å². The molecule has 0 aromatic heterocycles. The zero-order valence-corrected chi connectivity index (χ0v) is 11.3. The van der Waals surface area contributed by atoms with Crippen molar-refractivity contribution in [3.63, 3.8) is 0 Å². The fourth-order valence-corrected chi connectivity index (χ4v) is 3.27. The van der Waals surface area contributed by atoms with E-state index in [1.165, 1.54) is 11.1 Å². The second kappa shape index (κ2) is 5.59. The average Bonchev–Trinajstić information content (AvgIpc) is 2.64. The number of hydrogen-bond acceptors (Lipinski definition) is 2. The number of hydrogen-bond donors (Lipinski definition) is 1. The van der Waals surface area contributed by atoms with Crippen LogP contribution in [-0.2, 0) is 11.2 Å². The van der Waals surface area contributed by atoms with Crippen LogP contribution >= 0.6 is 0 Å². The Hall–Kier alpha value is -0.930. The monoisotopic (exact) mass is 263 g/mol. The van der Waals surface area contributed by atoms with Gasteiger partial charge >= 0.3 is 0 Å². The molecule has 104 valence electrons. The summed E-state index contributed by atoms with van der Waals surface area (Å²) in [5.74, 6) is 0. The SMILES string of the molecule is FC1(CC2OCCc3ccccc32)CCCNCC1. The minimum absolute atomic E-state index is 0.0620. The predicted molar refractivity (Wildman–Crippen MR) is 74.0 cm³/mol. The Bertz CT molecular complexity index is 427. The molecular formula is C16H22FNO. The zero-order valence-electron chi connectivity index (χ0n) is 11.3. The minimum atomic E-state index is -1.07. The van der Waals surface area contributed by atoms with E-state index in [-0.39, 0.29) is 6.10 Å². The molecule has 0 bridgehead atoms. The first-order chi connectivity index (χ1) is 9.27. The molecule has 0 spiro atoms. The first kappa shape index (κ1) is 13.1. The Kier molecular flexibility index (Phi) is 3.85.